The molecule has 0 aliphatic carbocycles. The summed E-state index contributed by atoms with van der Waals surface area (Å²) in [7, 11) is 0. The lowest BCUT2D eigenvalue weighted by molar-refractivity contribution is -0.125. The van der Waals surface area contributed by atoms with Crippen molar-refractivity contribution in [2.45, 2.75) is 26.9 Å². The first-order valence-electron chi connectivity index (χ1n) is 11.2. The van der Waals surface area contributed by atoms with Crippen molar-refractivity contribution in [3.8, 4) is 0 Å². The van der Waals surface area contributed by atoms with Crippen LogP contribution in [0.15, 0.2) is 58.1 Å². The summed E-state index contributed by atoms with van der Waals surface area (Å²) in [6.07, 6.45) is 0. The van der Waals surface area contributed by atoms with Crippen molar-refractivity contribution in [2.24, 2.45) is 0 Å². The van der Waals surface area contributed by atoms with Crippen LogP contribution in [0.3, 0.4) is 0 Å². The lowest BCUT2D eigenvalue weighted by Gasteiger charge is -2.10. The number of hydrogen-bond acceptors (Lipinski definition) is 9. The first kappa shape index (κ1) is 24.5. The molecular formula is C25H22N4O7. The number of esters is 2. The number of benzene rings is 2. The number of ketones is 1. The van der Waals surface area contributed by atoms with E-state index in [1.54, 1.807) is 62.4 Å². The fourth-order valence-corrected chi connectivity index (χ4v) is 3.67. The Hall–Kier alpha value is -4.67. The summed E-state index contributed by atoms with van der Waals surface area (Å²) in [6.45, 7) is 2.56. The maximum atomic E-state index is 12.6. The fraction of sp³-hybridized carbons (Fsp3) is 0.240. The SMILES string of the molecule is CCn1nc(C(=O)OCC(=O)COC(=O)c2nn(CC)c(=O)c3ccccc23)c2ccccc2c1=O. The summed E-state index contributed by atoms with van der Waals surface area (Å²) in [4.78, 5) is 62.4. The van der Waals surface area contributed by atoms with Crippen molar-refractivity contribution in [3.63, 3.8) is 0 Å². The lowest BCUT2D eigenvalue weighted by atomic mass is 10.1. The van der Waals surface area contributed by atoms with E-state index >= 15 is 0 Å². The van der Waals surface area contributed by atoms with Gasteiger partial charge in [-0.2, -0.15) is 10.2 Å². The number of carbonyl (C=O) groups is 3. The van der Waals surface area contributed by atoms with Gasteiger partial charge in [0.25, 0.3) is 11.1 Å². The molecule has 0 unspecified atom stereocenters. The fourth-order valence-electron chi connectivity index (χ4n) is 3.67. The topological polar surface area (TPSA) is 139 Å². The molecule has 11 nitrogen and oxygen atoms in total. The van der Waals surface area contributed by atoms with Gasteiger partial charge in [-0.3, -0.25) is 14.4 Å². The first-order valence-corrected chi connectivity index (χ1v) is 11.2. The minimum Gasteiger partial charge on any atom is -0.453 e. The molecule has 0 aliphatic heterocycles. The van der Waals surface area contributed by atoms with E-state index in [1.807, 2.05) is 0 Å². The third-order valence-electron chi connectivity index (χ3n) is 5.45. The summed E-state index contributed by atoms with van der Waals surface area (Å²) < 4.78 is 12.4. The smallest absolute Gasteiger partial charge is 0.359 e. The second-order valence-corrected chi connectivity index (χ2v) is 7.72. The highest BCUT2D eigenvalue weighted by molar-refractivity contribution is 6.04. The van der Waals surface area contributed by atoms with Crippen LogP contribution in [0.25, 0.3) is 21.5 Å². The highest BCUT2D eigenvalue weighted by Gasteiger charge is 2.21. The van der Waals surface area contributed by atoms with Crippen LogP contribution in [-0.2, 0) is 27.4 Å². The third-order valence-corrected chi connectivity index (χ3v) is 5.45. The van der Waals surface area contributed by atoms with Crippen molar-refractivity contribution < 1.29 is 23.9 Å². The Kier molecular flexibility index (Phi) is 7.00. The van der Waals surface area contributed by atoms with Crippen LogP contribution in [0, 0.1) is 0 Å². The summed E-state index contributed by atoms with van der Waals surface area (Å²) in [5, 5.41) is 9.33. The summed E-state index contributed by atoms with van der Waals surface area (Å²) in [5.74, 6) is -2.47. The Bertz CT molecular complexity index is 1500. The van der Waals surface area contributed by atoms with Crippen LogP contribution >= 0.6 is 0 Å². The number of Topliss-reactive ketones (excluding diaryl/α,β-unsaturated/α-hetero) is 1. The van der Waals surface area contributed by atoms with Gasteiger partial charge in [0.15, 0.2) is 24.6 Å². The van der Waals surface area contributed by atoms with Gasteiger partial charge in [0.2, 0.25) is 5.78 Å². The number of nitrogens with zero attached hydrogens (tertiary/aromatic N) is 4. The molecule has 0 spiro atoms. The van der Waals surface area contributed by atoms with Crippen LogP contribution in [0.5, 0.6) is 0 Å². The highest BCUT2D eigenvalue weighted by atomic mass is 16.6. The molecule has 11 heteroatoms. The second kappa shape index (κ2) is 10.3. The molecule has 2 aromatic heterocycles. The Morgan fingerprint density at radius 3 is 1.39 bits per heavy atom. The molecule has 36 heavy (non-hydrogen) atoms. The van der Waals surface area contributed by atoms with Crippen molar-refractivity contribution in [2.75, 3.05) is 13.2 Å². The number of aromatic nitrogens is 4. The number of rotatable bonds is 8. The summed E-state index contributed by atoms with van der Waals surface area (Å²) in [6, 6.07) is 12.9. The van der Waals surface area contributed by atoms with Crippen molar-refractivity contribution in [1.29, 1.82) is 0 Å². The molecular weight excluding hydrogens is 468 g/mol. The Morgan fingerprint density at radius 2 is 1.03 bits per heavy atom. The van der Waals surface area contributed by atoms with Crippen molar-refractivity contribution in [3.05, 3.63) is 80.6 Å². The molecule has 0 amide bonds. The molecule has 4 rings (SSSR count). The van der Waals surface area contributed by atoms with E-state index < -0.39 is 30.9 Å². The molecule has 0 saturated carbocycles. The summed E-state index contributed by atoms with van der Waals surface area (Å²) >= 11 is 0. The second-order valence-electron chi connectivity index (χ2n) is 7.72. The van der Waals surface area contributed by atoms with Gasteiger partial charge in [-0.05, 0) is 26.0 Å². The van der Waals surface area contributed by atoms with E-state index in [0.29, 0.717) is 21.5 Å². The van der Waals surface area contributed by atoms with E-state index in [0.717, 1.165) is 9.36 Å². The predicted octanol–water partition coefficient (Wildman–Crippen LogP) is 1.73. The quantitative estimate of drug-likeness (QED) is 0.338. The number of aryl methyl sites for hydroxylation is 2. The molecule has 0 saturated heterocycles. The van der Waals surface area contributed by atoms with Gasteiger partial charge in [0.1, 0.15) is 0 Å². The van der Waals surface area contributed by atoms with E-state index in [-0.39, 0.29) is 35.6 Å². The van der Waals surface area contributed by atoms with Gasteiger partial charge in [-0.25, -0.2) is 19.0 Å². The van der Waals surface area contributed by atoms with E-state index in [9.17, 15) is 24.0 Å². The number of ether oxygens (including phenoxy) is 2. The van der Waals surface area contributed by atoms with E-state index in [1.165, 1.54) is 0 Å². The zero-order valence-electron chi connectivity index (χ0n) is 19.6. The Morgan fingerprint density at radius 1 is 0.667 bits per heavy atom. The molecule has 184 valence electrons. The third kappa shape index (κ3) is 4.63. The minimum atomic E-state index is -0.893. The zero-order chi connectivity index (χ0) is 25.8. The maximum Gasteiger partial charge on any atom is 0.359 e. The average Bonchev–Trinajstić information content (AvgIpc) is 2.91. The molecule has 0 N–H and O–H groups in total. The Labute approximate surface area is 203 Å². The summed E-state index contributed by atoms with van der Waals surface area (Å²) in [5.41, 5.74) is -0.893. The molecule has 2 aromatic carbocycles. The van der Waals surface area contributed by atoms with Gasteiger partial charge in [-0.1, -0.05) is 36.4 Å². The molecule has 2 heterocycles. The van der Waals surface area contributed by atoms with Crippen molar-refractivity contribution >= 4 is 39.3 Å². The van der Waals surface area contributed by atoms with E-state index in [2.05, 4.69) is 10.2 Å². The number of hydrogen-bond donors (Lipinski definition) is 0. The van der Waals surface area contributed by atoms with Gasteiger partial charge >= 0.3 is 11.9 Å². The standard InChI is InChI=1S/C25H22N4O7/c1-3-28-22(31)18-11-7-5-9-16(18)20(26-28)24(33)35-13-15(30)14-36-25(34)21-17-10-6-8-12-19(17)23(32)29(4-2)27-21/h5-12H,3-4,13-14H2,1-2H3. The van der Waals surface area contributed by atoms with Crippen LogP contribution < -0.4 is 11.1 Å². The largest absolute Gasteiger partial charge is 0.453 e. The molecule has 0 bridgehead atoms. The minimum absolute atomic E-state index is 0.102. The van der Waals surface area contributed by atoms with Crippen LogP contribution in [0.1, 0.15) is 34.8 Å². The van der Waals surface area contributed by atoms with E-state index in [4.69, 9.17) is 9.47 Å². The normalized spacial score (nSPS) is 10.9. The van der Waals surface area contributed by atoms with Gasteiger partial charge in [0.05, 0.1) is 10.8 Å². The van der Waals surface area contributed by atoms with Crippen molar-refractivity contribution in [1.82, 2.24) is 19.6 Å². The van der Waals surface area contributed by atoms with Gasteiger partial charge < -0.3 is 9.47 Å². The maximum absolute atomic E-state index is 12.6. The average molecular weight is 490 g/mol. The molecule has 0 aliphatic rings. The molecule has 0 fully saturated rings. The number of carbonyl (C=O) groups excluding carboxylic acids is 3. The van der Waals surface area contributed by atoms with Gasteiger partial charge in [-0.15, -0.1) is 0 Å². The molecule has 0 radical (unpaired) electrons. The zero-order valence-corrected chi connectivity index (χ0v) is 19.6. The lowest BCUT2D eigenvalue weighted by Crippen LogP contribution is -2.28. The first-order chi connectivity index (χ1) is 17.3. The highest BCUT2D eigenvalue weighted by Crippen LogP contribution is 2.15. The predicted molar refractivity (Wildman–Crippen MR) is 129 cm³/mol. The monoisotopic (exact) mass is 490 g/mol. The van der Waals surface area contributed by atoms with Crippen LogP contribution in [-0.4, -0.2) is 50.5 Å². The van der Waals surface area contributed by atoms with Crippen LogP contribution in [0.4, 0.5) is 0 Å². The van der Waals surface area contributed by atoms with Gasteiger partial charge in [0, 0.05) is 23.9 Å². The number of fused-ring (bicyclic) bond motifs is 2. The molecule has 0 atom stereocenters. The molecule has 4 aromatic rings. The Balaban J connectivity index is 1.45. The van der Waals surface area contributed by atoms with Crippen LogP contribution in [0.2, 0.25) is 0 Å².